The van der Waals surface area contributed by atoms with E-state index in [0.717, 1.165) is 26.1 Å². The van der Waals surface area contributed by atoms with Crippen molar-refractivity contribution in [3.63, 3.8) is 0 Å². The summed E-state index contributed by atoms with van der Waals surface area (Å²) in [6.07, 6.45) is 2.30. The minimum atomic E-state index is 0.307. The van der Waals surface area contributed by atoms with Crippen molar-refractivity contribution in [3.8, 4) is 0 Å². The third-order valence-electron chi connectivity index (χ3n) is 2.45. The van der Waals surface area contributed by atoms with Gasteiger partial charge < -0.3 is 19.5 Å². The normalized spacial score (nSPS) is 15.0. The van der Waals surface area contributed by atoms with E-state index in [0.29, 0.717) is 25.4 Å². The molecule has 0 amide bonds. The summed E-state index contributed by atoms with van der Waals surface area (Å²) in [6.45, 7) is 7.12. The topological polar surface area (TPSA) is 39.7 Å². The van der Waals surface area contributed by atoms with Crippen molar-refractivity contribution >= 4 is 0 Å². The zero-order valence-corrected chi connectivity index (χ0v) is 11.1. The van der Waals surface area contributed by atoms with Crippen LogP contribution in [0.1, 0.15) is 26.7 Å². The number of nitrogens with one attached hydrogen (secondary N) is 1. The average molecular weight is 233 g/mol. The summed E-state index contributed by atoms with van der Waals surface area (Å²) in [5.41, 5.74) is 0. The highest BCUT2D eigenvalue weighted by molar-refractivity contribution is 4.62. The minimum absolute atomic E-state index is 0.307. The van der Waals surface area contributed by atoms with Gasteiger partial charge in [0.2, 0.25) is 0 Å². The van der Waals surface area contributed by atoms with E-state index in [2.05, 4.69) is 19.2 Å². The second-order valence-corrected chi connectivity index (χ2v) is 4.07. The van der Waals surface area contributed by atoms with Crippen LogP contribution in [0.3, 0.4) is 0 Å². The van der Waals surface area contributed by atoms with Crippen LogP contribution in [0.4, 0.5) is 0 Å². The van der Waals surface area contributed by atoms with Crippen LogP contribution in [-0.2, 0) is 14.2 Å². The minimum Gasteiger partial charge on any atom is -0.382 e. The quantitative estimate of drug-likeness (QED) is 0.548. The van der Waals surface area contributed by atoms with E-state index in [4.69, 9.17) is 14.2 Å². The maximum Gasteiger partial charge on any atom is 0.0700 e. The predicted octanol–water partition coefficient (Wildman–Crippen LogP) is 1.44. The maximum atomic E-state index is 5.67. The number of hydrogen-bond donors (Lipinski definition) is 1. The molecule has 0 rings (SSSR count). The molecule has 16 heavy (non-hydrogen) atoms. The Morgan fingerprint density at radius 1 is 1.06 bits per heavy atom. The lowest BCUT2D eigenvalue weighted by atomic mass is 10.1. The first kappa shape index (κ1) is 15.8. The Kier molecular flexibility index (Phi) is 11.2. The SMILES string of the molecule is CNC(C)CC(C)OCCCOCCOC. The highest BCUT2D eigenvalue weighted by Gasteiger charge is 2.06. The lowest BCUT2D eigenvalue weighted by molar-refractivity contribution is 0.0248. The summed E-state index contributed by atoms with van der Waals surface area (Å²) in [4.78, 5) is 0. The van der Waals surface area contributed by atoms with Crippen molar-refractivity contribution in [2.75, 3.05) is 40.6 Å². The smallest absolute Gasteiger partial charge is 0.0700 e. The first-order valence-electron chi connectivity index (χ1n) is 6.06. The molecule has 0 fully saturated rings. The molecular formula is C12H27NO3. The van der Waals surface area contributed by atoms with Crippen molar-refractivity contribution in [2.24, 2.45) is 0 Å². The fraction of sp³-hybridized carbons (Fsp3) is 1.00. The lowest BCUT2D eigenvalue weighted by Crippen LogP contribution is -2.27. The Bertz CT molecular complexity index is 144. The van der Waals surface area contributed by atoms with E-state index in [-0.39, 0.29) is 0 Å². The third-order valence-corrected chi connectivity index (χ3v) is 2.45. The Hall–Kier alpha value is -0.160. The Labute approximate surface area is 99.6 Å². The summed E-state index contributed by atoms with van der Waals surface area (Å²) in [6, 6.07) is 0.507. The van der Waals surface area contributed by atoms with Crippen molar-refractivity contribution in [1.29, 1.82) is 0 Å². The van der Waals surface area contributed by atoms with Gasteiger partial charge in [0.1, 0.15) is 0 Å². The molecule has 0 heterocycles. The molecule has 0 aliphatic rings. The number of rotatable bonds is 11. The van der Waals surface area contributed by atoms with E-state index in [1.807, 2.05) is 7.05 Å². The molecule has 98 valence electrons. The summed E-state index contributed by atoms with van der Waals surface area (Å²) in [7, 11) is 3.65. The van der Waals surface area contributed by atoms with Gasteiger partial charge in [-0.05, 0) is 33.7 Å². The molecule has 0 aliphatic heterocycles. The number of hydrogen-bond acceptors (Lipinski definition) is 4. The largest absolute Gasteiger partial charge is 0.382 e. The molecule has 4 nitrogen and oxygen atoms in total. The summed E-state index contributed by atoms with van der Waals surface area (Å²) in [5.74, 6) is 0. The van der Waals surface area contributed by atoms with E-state index >= 15 is 0 Å². The molecule has 0 bridgehead atoms. The van der Waals surface area contributed by atoms with Crippen LogP contribution < -0.4 is 5.32 Å². The van der Waals surface area contributed by atoms with Crippen LogP contribution in [0.2, 0.25) is 0 Å². The Morgan fingerprint density at radius 3 is 2.44 bits per heavy atom. The van der Waals surface area contributed by atoms with Crippen LogP contribution in [0.15, 0.2) is 0 Å². The predicted molar refractivity (Wildman–Crippen MR) is 65.9 cm³/mol. The highest BCUT2D eigenvalue weighted by Crippen LogP contribution is 2.02. The summed E-state index contributed by atoms with van der Waals surface area (Å²) in [5, 5.41) is 3.20. The van der Waals surface area contributed by atoms with Gasteiger partial charge in [0.15, 0.2) is 0 Å². The summed E-state index contributed by atoms with van der Waals surface area (Å²) >= 11 is 0. The van der Waals surface area contributed by atoms with Gasteiger partial charge in [-0.1, -0.05) is 0 Å². The van der Waals surface area contributed by atoms with E-state index in [9.17, 15) is 0 Å². The molecule has 0 saturated carbocycles. The highest BCUT2D eigenvalue weighted by atomic mass is 16.5. The van der Waals surface area contributed by atoms with Gasteiger partial charge in [-0.15, -0.1) is 0 Å². The van der Waals surface area contributed by atoms with E-state index < -0.39 is 0 Å². The molecular weight excluding hydrogens is 206 g/mol. The van der Waals surface area contributed by atoms with Crippen molar-refractivity contribution in [2.45, 2.75) is 38.8 Å². The van der Waals surface area contributed by atoms with Gasteiger partial charge in [0.05, 0.1) is 19.3 Å². The van der Waals surface area contributed by atoms with Gasteiger partial charge in [-0.25, -0.2) is 0 Å². The zero-order valence-electron chi connectivity index (χ0n) is 11.1. The first-order valence-corrected chi connectivity index (χ1v) is 6.06. The van der Waals surface area contributed by atoms with Crippen LogP contribution in [0.5, 0.6) is 0 Å². The number of ether oxygens (including phenoxy) is 3. The van der Waals surface area contributed by atoms with Gasteiger partial charge in [0.25, 0.3) is 0 Å². The van der Waals surface area contributed by atoms with Crippen LogP contribution >= 0.6 is 0 Å². The molecule has 2 unspecified atom stereocenters. The van der Waals surface area contributed by atoms with Crippen molar-refractivity contribution in [1.82, 2.24) is 5.32 Å². The summed E-state index contributed by atoms with van der Waals surface area (Å²) < 4.78 is 15.9. The molecule has 0 aromatic rings. The zero-order chi connectivity index (χ0) is 12.2. The van der Waals surface area contributed by atoms with Crippen molar-refractivity contribution < 1.29 is 14.2 Å². The van der Waals surface area contributed by atoms with Gasteiger partial charge in [-0.2, -0.15) is 0 Å². The Morgan fingerprint density at radius 2 is 1.81 bits per heavy atom. The monoisotopic (exact) mass is 233 g/mol. The molecule has 4 heteroatoms. The van der Waals surface area contributed by atoms with Crippen LogP contribution in [0, 0.1) is 0 Å². The van der Waals surface area contributed by atoms with Crippen LogP contribution in [-0.4, -0.2) is 52.7 Å². The molecule has 0 aliphatic carbocycles. The fourth-order valence-electron chi connectivity index (χ4n) is 1.37. The molecule has 2 atom stereocenters. The van der Waals surface area contributed by atoms with Gasteiger partial charge in [0, 0.05) is 26.4 Å². The van der Waals surface area contributed by atoms with E-state index in [1.165, 1.54) is 0 Å². The number of methoxy groups -OCH3 is 1. The Balaban J connectivity index is 3.18. The van der Waals surface area contributed by atoms with Crippen LogP contribution in [0.25, 0.3) is 0 Å². The van der Waals surface area contributed by atoms with Gasteiger partial charge in [-0.3, -0.25) is 0 Å². The molecule has 0 saturated heterocycles. The molecule has 1 N–H and O–H groups in total. The molecule has 0 aromatic heterocycles. The standard InChI is InChI=1S/C12H27NO3/c1-11(13-3)10-12(2)16-7-5-6-15-9-8-14-4/h11-13H,5-10H2,1-4H3. The molecule has 0 spiro atoms. The molecule has 0 aromatic carbocycles. The van der Waals surface area contributed by atoms with E-state index in [1.54, 1.807) is 7.11 Å². The third kappa shape index (κ3) is 10.4. The maximum absolute atomic E-state index is 5.67. The lowest BCUT2D eigenvalue weighted by Gasteiger charge is -2.17. The fourth-order valence-corrected chi connectivity index (χ4v) is 1.37. The molecule has 0 radical (unpaired) electrons. The average Bonchev–Trinajstić information content (AvgIpc) is 2.27. The first-order chi connectivity index (χ1) is 7.70. The second-order valence-electron chi connectivity index (χ2n) is 4.07. The second kappa shape index (κ2) is 11.3. The van der Waals surface area contributed by atoms with Crippen molar-refractivity contribution in [3.05, 3.63) is 0 Å². The van der Waals surface area contributed by atoms with Gasteiger partial charge >= 0.3 is 0 Å².